The third-order valence-corrected chi connectivity index (χ3v) is 6.03. The van der Waals surface area contributed by atoms with Crippen molar-refractivity contribution in [3.8, 4) is 0 Å². The molecule has 0 saturated carbocycles. The van der Waals surface area contributed by atoms with Crippen LogP contribution in [0.15, 0.2) is 28.0 Å². The summed E-state index contributed by atoms with van der Waals surface area (Å²) in [6, 6.07) is 2.91. The molecule has 3 N–H and O–H groups in total. The van der Waals surface area contributed by atoms with Crippen LogP contribution in [0.1, 0.15) is 6.42 Å². The largest absolute Gasteiger partial charge is 0.351 e. The first-order valence-electron chi connectivity index (χ1n) is 6.38. The average molecular weight is 350 g/mol. The van der Waals surface area contributed by atoms with Crippen molar-refractivity contribution in [1.29, 1.82) is 0 Å². The van der Waals surface area contributed by atoms with E-state index in [9.17, 15) is 13.2 Å². The van der Waals surface area contributed by atoms with Gasteiger partial charge in [-0.25, -0.2) is 13.1 Å². The van der Waals surface area contributed by atoms with Crippen LogP contribution >= 0.6 is 22.9 Å². The molecule has 0 saturated heterocycles. The monoisotopic (exact) mass is 349 g/mol. The number of hydrogen-bond donors (Lipinski definition) is 3. The molecule has 0 atom stereocenters. The fourth-order valence-electron chi connectivity index (χ4n) is 1.78. The van der Waals surface area contributed by atoms with Gasteiger partial charge in [-0.2, -0.15) is 0 Å². The maximum absolute atomic E-state index is 11.9. The zero-order valence-corrected chi connectivity index (χ0v) is 13.6. The Morgan fingerprint density at radius 3 is 2.86 bits per heavy atom. The molecular formula is C12H16ClN3O3S2. The molecule has 0 unspecified atom stereocenters. The molecule has 0 fully saturated rings. The number of carbonyl (C=O) groups is 1. The van der Waals surface area contributed by atoms with E-state index in [1.165, 1.54) is 12.1 Å². The predicted octanol–water partition coefficient (Wildman–Crippen LogP) is 0.716. The quantitative estimate of drug-likeness (QED) is 0.660. The molecule has 21 heavy (non-hydrogen) atoms. The van der Waals surface area contributed by atoms with Crippen LogP contribution in [-0.4, -0.2) is 40.5 Å². The number of halogens is 1. The van der Waals surface area contributed by atoms with E-state index in [0.29, 0.717) is 10.9 Å². The minimum absolute atomic E-state index is 0.0985. The van der Waals surface area contributed by atoms with Crippen LogP contribution < -0.4 is 15.4 Å². The van der Waals surface area contributed by atoms with E-state index in [-0.39, 0.29) is 16.7 Å². The second kappa shape index (κ2) is 7.37. The number of sulfonamides is 1. The van der Waals surface area contributed by atoms with Crippen molar-refractivity contribution < 1.29 is 13.2 Å². The molecule has 2 rings (SSSR count). The molecule has 1 amide bonds. The van der Waals surface area contributed by atoms with Crippen molar-refractivity contribution >= 4 is 38.9 Å². The summed E-state index contributed by atoms with van der Waals surface area (Å²) in [6.45, 7) is 1.86. The summed E-state index contributed by atoms with van der Waals surface area (Å²) in [5.74, 6) is -0.360. The second-order valence-corrected chi connectivity index (χ2v) is 8.19. The maximum atomic E-state index is 11.9. The SMILES string of the molecule is O=C(CNS(=O)(=O)c1ccc(Cl)s1)NCC1=CCNCC1. The molecule has 0 spiro atoms. The highest BCUT2D eigenvalue weighted by atomic mass is 35.5. The molecule has 0 bridgehead atoms. The predicted molar refractivity (Wildman–Crippen MR) is 83.1 cm³/mol. The molecule has 9 heteroatoms. The lowest BCUT2D eigenvalue weighted by Crippen LogP contribution is -2.38. The normalized spacial score (nSPS) is 15.6. The summed E-state index contributed by atoms with van der Waals surface area (Å²) in [7, 11) is -3.68. The number of thiophene rings is 1. The molecule has 0 aliphatic carbocycles. The summed E-state index contributed by atoms with van der Waals surface area (Å²) < 4.78 is 26.5. The van der Waals surface area contributed by atoms with Crippen molar-refractivity contribution in [3.63, 3.8) is 0 Å². The van der Waals surface area contributed by atoms with Gasteiger partial charge in [0, 0.05) is 13.1 Å². The smallest absolute Gasteiger partial charge is 0.250 e. The van der Waals surface area contributed by atoms with Crippen molar-refractivity contribution in [2.75, 3.05) is 26.2 Å². The lowest BCUT2D eigenvalue weighted by Gasteiger charge is -2.14. The van der Waals surface area contributed by atoms with Crippen LogP contribution in [0.2, 0.25) is 4.34 Å². The van der Waals surface area contributed by atoms with E-state index in [1.54, 1.807) is 0 Å². The first kappa shape index (κ1) is 16.4. The molecule has 1 aliphatic heterocycles. The standard InChI is InChI=1S/C12H16ClN3O3S2/c13-10-1-2-12(20-10)21(18,19)16-8-11(17)15-7-9-3-5-14-6-4-9/h1-3,14,16H,4-8H2,(H,15,17). The van der Waals surface area contributed by atoms with Crippen molar-refractivity contribution in [3.05, 3.63) is 28.1 Å². The lowest BCUT2D eigenvalue weighted by atomic mass is 10.1. The second-order valence-electron chi connectivity index (χ2n) is 4.48. The first-order valence-corrected chi connectivity index (χ1v) is 9.05. The van der Waals surface area contributed by atoms with Gasteiger partial charge in [0.1, 0.15) is 4.21 Å². The van der Waals surface area contributed by atoms with Gasteiger partial charge in [-0.1, -0.05) is 23.3 Å². The molecule has 6 nitrogen and oxygen atoms in total. The Morgan fingerprint density at radius 1 is 1.43 bits per heavy atom. The molecule has 1 aromatic rings. The van der Waals surface area contributed by atoms with E-state index in [1.807, 2.05) is 6.08 Å². The van der Waals surface area contributed by atoms with Crippen LogP contribution in [0, 0.1) is 0 Å². The number of rotatable bonds is 6. The lowest BCUT2D eigenvalue weighted by molar-refractivity contribution is -0.119. The van der Waals surface area contributed by atoms with Gasteiger partial charge in [0.25, 0.3) is 10.0 Å². The van der Waals surface area contributed by atoms with Gasteiger partial charge in [0.05, 0.1) is 10.9 Å². The molecule has 0 aromatic carbocycles. The highest BCUT2D eigenvalue weighted by molar-refractivity contribution is 7.91. The van der Waals surface area contributed by atoms with Crippen LogP contribution in [-0.2, 0) is 14.8 Å². The Hall–Kier alpha value is -0.930. The number of amides is 1. The molecule has 0 radical (unpaired) electrons. The van der Waals surface area contributed by atoms with Gasteiger partial charge >= 0.3 is 0 Å². The van der Waals surface area contributed by atoms with Crippen LogP contribution in [0.3, 0.4) is 0 Å². The Labute approximate surface area is 132 Å². The van der Waals surface area contributed by atoms with Crippen molar-refractivity contribution in [2.45, 2.75) is 10.6 Å². The fraction of sp³-hybridized carbons (Fsp3) is 0.417. The number of hydrogen-bond acceptors (Lipinski definition) is 5. The minimum Gasteiger partial charge on any atom is -0.351 e. The maximum Gasteiger partial charge on any atom is 0.250 e. The fourth-order valence-corrected chi connectivity index (χ4v) is 4.29. The highest BCUT2D eigenvalue weighted by Gasteiger charge is 2.17. The molecular weight excluding hydrogens is 334 g/mol. The van der Waals surface area contributed by atoms with E-state index in [4.69, 9.17) is 11.6 Å². The highest BCUT2D eigenvalue weighted by Crippen LogP contribution is 2.25. The Morgan fingerprint density at radius 2 is 2.24 bits per heavy atom. The summed E-state index contributed by atoms with van der Waals surface area (Å²) in [6.07, 6.45) is 2.92. The third kappa shape index (κ3) is 5.08. The molecule has 1 aromatic heterocycles. The molecule has 116 valence electrons. The van der Waals surface area contributed by atoms with E-state index in [0.717, 1.165) is 36.4 Å². The number of carbonyl (C=O) groups excluding carboxylic acids is 1. The van der Waals surface area contributed by atoms with Crippen molar-refractivity contribution in [1.82, 2.24) is 15.4 Å². The van der Waals surface area contributed by atoms with Gasteiger partial charge in [-0.05, 0) is 25.1 Å². The third-order valence-electron chi connectivity index (χ3n) is 2.91. The topological polar surface area (TPSA) is 87.3 Å². The zero-order chi connectivity index (χ0) is 15.3. The van der Waals surface area contributed by atoms with Gasteiger partial charge in [-0.15, -0.1) is 11.3 Å². The first-order chi connectivity index (χ1) is 9.97. The zero-order valence-electron chi connectivity index (χ0n) is 11.2. The van der Waals surface area contributed by atoms with Crippen LogP contribution in [0.5, 0.6) is 0 Å². The Bertz CT molecular complexity index is 640. The van der Waals surface area contributed by atoms with Gasteiger partial charge in [-0.3, -0.25) is 4.79 Å². The molecule has 1 aliphatic rings. The Kier molecular flexibility index (Phi) is 5.77. The van der Waals surface area contributed by atoms with E-state index in [2.05, 4.69) is 15.4 Å². The average Bonchev–Trinajstić information content (AvgIpc) is 2.92. The van der Waals surface area contributed by atoms with Crippen LogP contribution in [0.4, 0.5) is 0 Å². The van der Waals surface area contributed by atoms with Gasteiger partial charge < -0.3 is 10.6 Å². The summed E-state index contributed by atoms with van der Waals surface area (Å²) in [5, 5.41) is 5.87. The number of nitrogens with one attached hydrogen (secondary N) is 3. The van der Waals surface area contributed by atoms with Crippen molar-refractivity contribution in [2.24, 2.45) is 0 Å². The summed E-state index contributed by atoms with van der Waals surface area (Å²) in [4.78, 5) is 11.7. The summed E-state index contributed by atoms with van der Waals surface area (Å²) in [5.41, 5.74) is 1.15. The Balaban J connectivity index is 1.79. The van der Waals surface area contributed by atoms with E-state index < -0.39 is 10.0 Å². The van der Waals surface area contributed by atoms with Gasteiger partial charge in [0.2, 0.25) is 5.91 Å². The van der Waals surface area contributed by atoms with Crippen LogP contribution in [0.25, 0.3) is 0 Å². The summed E-state index contributed by atoms with van der Waals surface area (Å²) >= 11 is 6.65. The minimum atomic E-state index is -3.68. The van der Waals surface area contributed by atoms with E-state index >= 15 is 0 Å². The molecule has 2 heterocycles. The van der Waals surface area contributed by atoms with Gasteiger partial charge in [0.15, 0.2) is 0 Å².